The Kier molecular flexibility index (Phi) is 10.4. The molecular weight excluding hydrogens is 577 g/mol. The van der Waals surface area contributed by atoms with Gasteiger partial charge in [-0.1, -0.05) is 68.4 Å². The van der Waals surface area contributed by atoms with E-state index < -0.39 is 29.5 Å². The molecule has 0 saturated carbocycles. The van der Waals surface area contributed by atoms with Crippen molar-refractivity contribution in [3.63, 3.8) is 0 Å². The predicted molar refractivity (Wildman–Crippen MR) is 160 cm³/mol. The second kappa shape index (κ2) is 14.2. The zero-order valence-electron chi connectivity index (χ0n) is 23.6. The van der Waals surface area contributed by atoms with Crippen molar-refractivity contribution in [3.8, 4) is 16.3 Å². The molecule has 224 valence electrons. The molecule has 1 atom stereocenters. The number of rotatable bonds is 13. The molecule has 4 rings (SSSR count). The van der Waals surface area contributed by atoms with Crippen LogP contribution >= 0.6 is 11.3 Å². The van der Waals surface area contributed by atoms with Crippen molar-refractivity contribution in [2.45, 2.75) is 51.9 Å². The number of alkyl halides is 3. The zero-order chi connectivity index (χ0) is 31.0. The lowest BCUT2D eigenvalue weighted by Crippen LogP contribution is -2.38. The molecule has 10 heteroatoms. The molecule has 0 radical (unpaired) electrons. The molecular formula is C33H31F3N2O4S. The zero-order valence-corrected chi connectivity index (χ0v) is 24.5. The highest BCUT2D eigenvalue weighted by Crippen LogP contribution is 2.30. The van der Waals surface area contributed by atoms with Crippen molar-refractivity contribution >= 4 is 23.1 Å². The molecule has 0 aliphatic carbocycles. The molecule has 1 aromatic heterocycles. The van der Waals surface area contributed by atoms with Crippen LogP contribution in [0.2, 0.25) is 0 Å². The molecule has 0 unspecified atom stereocenters. The monoisotopic (exact) mass is 608 g/mol. The molecule has 2 N–H and O–H groups in total. The number of ketones is 1. The molecule has 0 bridgehead atoms. The average Bonchev–Trinajstić information content (AvgIpc) is 3.43. The number of benzene rings is 3. The Morgan fingerprint density at radius 2 is 1.67 bits per heavy atom. The molecule has 0 fully saturated rings. The Morgan fingerprint density at radius 1 is 1.00 bits per heavy atom. The first-order valence-electron chi connectivity index (χ1n) is 13.7. The van der Waals surface area contributed by atoms with Crippen molar-refractivity contribution in [2.75, 3.05) is 0 Å². The summed E-state index contributed by atoms with van der Waals surface area (Å²) >= 11 is 1.65. The highest BCUT2D eigenvalue weighted by Gasteiger charge is 2.30. The molecule has 4 aromatic rings. The van der Waals surface area contributed by atoms with E-state index in [0.29, 0.717) is 24.5 Å². The van der Waals surface area contributed by atoms with Gasteiger partial charge in [0.2, 0.25) is 0 Å². The smallest absolute Gasteiger partial charge is 0.416 e. The number of aryl methyl sites for hydroxylation is 1. The minimum atomic E-state index is -4.50. The van der Waals surface area contributed by atoms with Crippen LogP contribution in [-0.2, 0) is 30.4 Å². The van der Waals surface area contributed by atoms with Crippen LogP contribution in [0, 0.1) is 0 Å². The Bertz CT molecular complexity index is 1560. The topological polar surface area (TPSA) is 88.5 Å². The fourth-order valence-corrected chi connectivity index (χ4v) is 5.33. The molecule has 43 heavy (non-hydrogen) atoms. The quantitative estimate of drug-likeness (QED) is 0.119. The Balaban J connectivity index is 1.38. The second-order valence-electron chi connectivity index (χ2n) is 9.74. The lowest BCUT2D eigenvalue weighted by atomic mass is 10.0. The summed E-state index contributed by atoms with van der Waals surface area (Å²) < 4.78 is 44.5. The summed E-state index contributed by atoms with van der Waals surface area (Å²) in [6.07, 6.45) is -1.98. The highest BCUT2D eigenvalue weighted by atomic mass is 32.1. The minimum absolute atomic E-state index is 0.0724. The number of aliphatic carboxylic acids is 1. The van der Waals surface area contributed by atoms with Gasteiger partial charge in [-0.3, -0.25) is 4.79 Å². The second-order valence-corrected chi connectivity index (χ2v) is 10.8. The molecule has 1 heterocycles. The number of carbonyl (C=O) groups excluding carboxylic acids is 1. The molecule has 0 spiro atoms. The van der Waals surface area contributed by atoms with E-state index in [1.165, 1.54) is 6.08 Å². The first-order valence-corrected chi connectivity index (χ1v) is 14.6. The molecule has 6 nitrogen and oxygen atoms in total. The summed E-state index contributed by atoms with van der Waals surface area (Å²) in [6.45, 7) is 4.14. The molecule has 0 amide bonds. The maximum Gasteiger partial charge on any atom is 0.416 e. The number of nitrogens with one attached hydrogen (secondary N) is 1. The summed E-state index contributed by atoms with van der Waals surface area (Å²) in [5.41, 5.74) is 2.27. The third-order valence-electron chi connectivity index (χ3n) is 6.70. The van der Waals surface area contributed by atoms with Crippen LogP contribution < -0.4 is 10.1 Å². The third-order valence-corrected chi connectivity index (χ3v) is 7.99. The standard InChI is InChI=1S/C33H31F3N2O4S/c1-3-25(19-29(39)22-12-14-24(15-13-22)33(34,35)36)37-27(32(40)41)18-21-10-16-26(17-11-21)42-20-28-30(4-2)43-31(38-28)23-8-6-5-7-9-23/h5-17,19,27,37H,3-4,18,20H2,1-2H3,(H,40,41)/b25-19+/t27-/m0/s1. The van der Waals surface area contributed by atoms with Gasteiger partial charge in [0.25, 0.3) is 0 Å². The van der Waals surface area contributed by atoms with Gasteiger partial charge in [0.1, 0.15) is 23.4 Å². The van der Waals surface area contributed by atoms with Gasteiger partial charge >= 0.3 is 12.1 Å². The van der Waals surface area contributed by atoms with Crippen molar-refractivity contribution < 1.29 is 32.6 Å². The van der Waals surface area contributed by atoms with Gasteiger partial charge in [0, 0.05) is 34.2 Å². The third kappa shape index (κ3) is 8.54. The van der Waals surface area contributed by atoms with Crippen molar-refractivity contribution in [1.29, 1.82) is 0 Å². The number of carboxylic acid groups (broad SMARTS) is 1. The average molecular weight is 609 g/mol. The number of nitrogens with zero attached hydrogens (tertiary/aromatic N) is 1. The van der Waals surface area contributed by atoms with E-state index in [1.807, 2.05) is 30.3 Å². The largest absolute Gasteiger partial charge is 0.487 e. The van der Waals surface area contributed by atoms with Crippen LogP contribution in [0.5, 0.6) is 5.75 Å². The van der Waals surface area contributed by atoms with Gasteiger partial charge in [-0.05, 0) is 42.7 Å². The number of hydrogen-bond acceptors (Lipinski definition) is 6. The van der Waals surface area contributed by atoms with Crippen LogP contribution in [0.25, 0.3) is 10.6 Å². The van der Waals surface area contributed by atoms with E-state index in [0.717, 1.165) is 57.4 Å². The van der Waals surface area contributed by atoms with Crippen LogP contribution in [0.15, 0.2) is 90.6 Å². The SMILES string of the molecule is CC/C(=C\C(=O)c1ccc(C(F)(F)F)cc1)N[C@@H](Cc1ccc(OCc2nc(-c3ccccc3)sc2CC)cc1)C(=O)O. The van der Waals surface area contributed by atoms with Crippen LogP contribution in [0.1, 0.15) is 52.3 Å². The molecule has 3 aromatic carbocycles. The van der Waals surface area contributed by atoms with E-state index in [1.54, 1.807) is 42.5 Å². The first-order chi connectivity index (χ1) is 20.6. The Hall–Kier alpha value is -4.44. The van der Waals surface area contributed by atoms with Crippen LogP contribution in [0.3, 0.4) is 0 Å². The predicted octanol–water partition coefficient (Wildman–Crippen LogP) is 7.73. The summed E-state index contributed by atoms with van der Waals surface area (Å²) in [6, 6.07) is 20.0. The van der Waals surface area contributed by atoms with Gasteiger partial charge in [0.05, 0.1) is 11.3 Å². The van der Waals surface area contributed by atoms with Crippen molar-refractivity contribution in [1.82, 2.24) is 10.3 Å². The first kappa shape index (κ1) is 31.5. The minimum Gasteiger partial charge on any atom is -0.487 e. The van der Waals surface area contributed by atoms with Gasteiger partial charge in [-0.25, -0.2) is 9.78 Å². The maximum atomic E-state index is 12.8. The molecule has 0 aliphatic heterocycles. The van der Waals surface area contributed by atoms with E-state index in [4.69, 9.17) is 9.72 Å². The van der Waals surface area contributed by atoms with Crippen LogP contribution in [-0.4, -0.2) is 27.9 Å². The van der Waals surface area contributed by atoms with E-state index in [2.05, 4.69) is 12.2 Å². The fraction of sp³-hybridized carbons (Fsp3) is 0.242. The van der Waals surface area contributed by atoms with Gasteiger partial charge < -0.3 is 15.2 Å². The summed E-state index contributed by atoms with van der Waals surface area (Å²) in [7, 11) is 0. The van der Waals surface area contributed by atoms with Gasteiger partial charge in [0.15, 0.2) is 5.78 Å². The number of ether oxygens (including phenoxy) is 1. The molecule has 0 aliphatic rings. The summed E-state index contributed by atoms with van der Waals surface area (Å²) in [5.74, 6) is -1.01. The summed E-state index contributed by atoms with van der Waals surface area (Å²) in [4.78, 5) is 30.6. The lowest BCUT2D eigenvalue weighted by molar-refractivity contribution is -0.139. The van der Waals surface area contributed by atoms with Crippen LogP contribution in [0.4, 0.5) is 13.2 Å². The van der Waals surface area contributed by atoms with E-state index in [-0.39, 0.29) is 12.0 Å². The van der Waals surface area contributed by atoms with Crippen molar-refractivity contribution in [2.24, 2.45) is 0 Å². The number of thiazole rings is 1. The number of halogens is 3. The van der Waals surface area contributed by atoms with Crippen molar-refractivity contribution in [3.05, 3.63) is 118 Å². The molecule has 0 saturated heterocycles. The number of allylic oxidation sites excluding steroid dienone is 2. The fourth-order valence-electron chi connectivity index (χ4n) is 4.32. The Morgan fingerprint density at radius 3 is 2.26 bits per heavy atom. The normalized spacial score (nSPS) is 12.5. The number of carboxylic acids is 1. The Labute approximate surface area is 251 Å². The summed E-state index contributed by atoms with van der Waals surface area (Å²) in [5, 5.41) is 13.7. The highest BCUT2D eigenvalue weighted by molar-refractivity contribution is 7.15. The maximum absolute atomic E-state index is 12.8. The number of carbonyl (C=O) groups is 2. The van der Waals surface area contributed by atoms with E-state index >= 15 is 0 Å². The van der Waals surface area contributed by atoms with Gasteiger partial charge in [-0.15, -0.1) is 11.3 Å². The van der Waals surface area contributed by atoms with E-state index in [9.17, 15) is 27.9 Å². The lowest BCUT2D eigenvalue weighted by Gasteiger charge is -2.18. The number of aromatic nitrogens is 1. The van der Waals surface area contributed by atoms with Gasteiger partial charge in [-0.2, -0.15) is 13.2 Å². The number of hydrogen-bond donors (Lipinski definition) is 2.